The van der Waals surface area contributed by atoms with Crippen molar-refractivity contribution < 1.29 is 9.53 Å². The van der Waals surface area contributed by atoms with Gasteiger partial charge in [-0.25, -0.2) is 19.7 Å². The van der Waals surface area contributed by atoms with Gasteiger partial charge in [-0.3, -0.25) is 5.32 Å². The Kier molecular flexibility index (Phi) is 2.34. The van der Waals surface area contributed by atoms with Crippen molar-refractivity contribution in [2.45, 2.75) is 0 Å². The summed E-state index contributed by atoms with van der Waals surface area (Å²) in [5.41, 5.74) is 6.06. The van der Waals surface area contributed by atoms with E-state index < -0.39 is 6.09 Å². The molecule has 0 fully saturated rings. The van der Waals surface area contributed by atoms with Crippen LogP contribution in [0.2, 0.25) is 0 Å². The number of hydrogen-bond donors (Lipinski definition) is 2. The number of nitrogens with two attached hydrogens (primary N) is 1. The van der Waals surface area contributed by atoms with E-state index in [2.05, 4.69) is 25.0 Å². The number of nitrogens with one attached hydrogen (secondary N) is 1. The Morgan fingerprint density at radius 2 is 2.40 bits per heavy atom. The zero-order valence-corrected chi connectivity index (χ0v) is 8.54. The average Bonchev–Trinajstić information content (AvgIpc) is 2.62. The summed E-state index contributed by atoms with van der Waals surface area (Å²) in [7, 11) is 1.27. The Balaban J connectivity index is 2.39. The van der Waals surface area contributed by atoms with E-state index in [1.54, 1.807) is 0 Å². The predicted molar refractivity (Wildman–Crippen MR) is 55.7 cm³/mol. The third-order valence-electron chi connectivity index (χ3n) is 1.62. The SMILES string of the molecule is COC(=O)Nc1nc2c(N)ncnc2s1. The Hall–Kier alpha value is -1.96. The number of methoxy groups -OCH3 is 1. The van der Waals surface area contributed by atoms with Crippen LogP contribution in [0, 0.1) is 0 Å². The molecule has 0 aliphatic carbocycles. The molecule has 0 spiro atoms. The van der Waals surface area contributed by atoms with E-state index in [1.165, 1.54) is 24.8 Å². The maximum absolute atomic E-state index is 10.9. The largest absolute Gasteiger partial charge is 0.453 e. The van der Waals surface area contributed by atoms with Crippen LogP contribution in [0.1, 0.15) is 0 Å². The van der Waals surface area contributed by atoms with Crippen LogP contribution < -0.4 is 11.1 Å². The minimum Gasteiger partial charge on any atom is -0.453 e. The van der Waals surface area contributed by atoms with E-state index in [0.29, 0.717) is 15.5 Å². The van der Waals surface area contributed by atoms with E-state index in [0.717, 1.165) is 0 Å². The van der Waals surface area contributed by atoms with Gasteiger partial charge < -0.3 is 10.5 Å². The molecule has 2 aromatic heterocycles. The summed E-state index contributed by atoms with van der Waals surface area (Å²) in [5, 5.41) is 2.81. The molecule has 0 aliphatic heterocycles. The van der Waals surface area contributed by atoms with Gasteiger partial charge in [0.2, 0.25) is 0 Å². The molecule has 8 heteroatoms. The molecule has 0 atom stereocenters. The standard InChI is InChI=1S/C7H7N5O2S/c1-14-7(13)12-6-11-3-4(8)9-2-10-5(3)15-6/h2H,1H3,(H2,8,9,10)(H,11,12,13). The lowest BCUT2D eigenvalue weighted by atomic mass is 10.5. The van der Waals surface area contributed by atoms with Gasteiger partial charge in [-0.1, -0.05) is 11.3 Å². The lowest BCUT2D eigenvalue weighted by Crippen LogP contribution is -2.10. The van der Waals surface area contributed by atoms with Crippen molar-refractivity contribution in [1.29, 1.82) is 0 Å². The van der Waals surface area contributed by atoms with Gasteiger partial charge in [0.15, 0.2) is 15.8 Å². The van der Waals surface area contributed by atoms with Crippen molar-refractivity contribution in [3.05, 3.63) is 6.33 Å². The molecule has 2 heterocycles. The fourth-order valence-electron chi connectivity index (χ4n) is 0.963. The van der Waals surface area contributed by atoms with Crippen molar-refractivity contribution in [3.8, 4) is 0 Å². The number of carbonyl (C=O) groups excluding carboxylic acids is 1. The van der Waals surface area contributed by atoms with E-state index in [1.807, 2.05) is 0 Å². The molecule has 0 saturated carbocycles. The van der Waals surface area contributed by atoms with Gasteiger partial charge in [0.1, 0.15) is 11.8 Å². The number of ether oxygens (including phenoxy) is 1. The summed E-state index contributed by atoms with van der Waals surface area (Å²) < 4.78 is 4.43. The highest BCUT2D eigenvalue weighted by atomic mass is 32.1. The number of amides is 1. The summed E-state index contributed by atoms with van der Waals surface area (Å²) in [6.07, 6.45) is 0.762. The van der Waals surface area contributed by atoms with Gasteiger partial charge >= 0.3 is 6.09 Å². The monoisotopic (exact) mass is 225 g/mol. The Morgan fingerprint density at radius 1 is 1.60 bits per heavy atom. The second kappa shape index (κ2) is 3.65. The first-order valence-corrected chi connectivity index (χ1v) is 4.74. The van der Waals surface area contributed by atoms with Gasteiger partial charge in [-0.15, -0.1) is 0 Å². The number of nitrogens with zero attached hydrogens (tertiary/aromatic N) is 3. The summed E-state index contributed by atoms with van der Waals surface area (Å²) in [6, 6.07) is 0. The Morgan fingerprint density at radius 3 is 3.07 bits per heavy atom. The number of rotatable bonds is 1. The third kappa shape index (κ3) is 1.79. The number of nitrogen functional groups attached to an aromatic ring is 1. The molecule has 15 heavy (non-hydrogen) atoms. The number of thiazole rings is 1. The minimum absolute atomic E-state index is 0.286. The summed E-state index contributed by atoms with van der Waals surface area (Å²) in [5.74, 6) is 0.286. The molecule has 0 aliphatic rings. The maximum atomic E-state index is 10.9. The average molecular weight is 225 g/mol. The second-order valence-corrected chi connectivity index (χ2v) is 3.53. The first-order chi connectivity index (χ1) is 7.20. The number of aromatic nitrogens is 3. The molecule has 1 amide bonds. The number of anilines is 2. The fraction of sp³-hybridized carbons (Fsp3) is 0.143. The molecule has 7 nitrogen and oxygen atoms in total. The maximum Gasteiger partial charge on any atom is 0.413 e. The zero-order valence-electron chi connectivity index (χ0n) is 7.72. The van der Waals surface area contributed by atoms with Crippen molar-refractivity contribution in [2.75, 3.05) is 18.2 Å². The van der Waals surface area contributed by atoms with Crippen molar-refractivity contribution in [3.63, 3.8) is 0 Å². The zero-order chi connectivity index (χ0) is 10.8. The normalized spacial score (nSPS) is 10.2. The molecule has 0 radical (unpaired) electrons. The summed E-state index contributed by atoms with van der Waals surface area (Å²) in [4.78, 5) is 23.3. The fourth-order valence-corrected chi connectivity index (χ4v) is 1.76. The molecule has 3 N–H and O–H groups in total. The highest BCUT2D eigenvalue weighted by Gasteiger charge is 2.10. The van der Waals surface area contributed by atoms with Crippen LogP contribution in [0.3, 0.4) is 0 Å². The molecule has 0 aromatic carbocycles. The lowest BCUT2D eigenvalue weighted by molar-refractivity contribution is 0.187. The topological polar surface area (TPSA) is 103 Å². The van der Waals surface area contributed by atoms with Crippen molar-refractivity contribution in [2.24, 2.45) is 0 Å². The first kappa shape index (κ1) is 9.59. The molecule has 2 aromatic rings. The molecular formula is C7H7N5O2S. The predicted octanol–water partition coefficient (Wildman–Crippen LogP) is 0.847. The van der Waals surface area contributed by atoms with E-state index in [-0.39, 0.29) is 5.82 Å². The smallest absolute Gasteiger partial charge is 0.413 e. The second-order valence-electron chi connectivity index (χ2n) is 2.55. The van der Waals surface area contributed by atoms with Crippen LogP contribution in [0.5, 0.6) is 0 Å². The van der Waals surface area contributed by atoms with Gasteiger partial charge in [0.25, 0.3) is 0 Å². The van der Waals surface area contributed by atoms with Crippen LogP contribution in [0.25, 0.3) is 10.3 Å². The van der Waals surface area contributed by atoms with Gasteiger partial charge in [0, 0.05) is 0 Å². The number of carbonyl (C=O) groups is 1. The quantitative estimate of drug-likeness (QED) is 0.745. The van der Waals surface area contributed by atoms with Gasteiger partial charge in [-0.2, -0.15) is 0 Å². The van der Waals surface area contributed by atoms with E-state index >= 15 is 0 Å². The van der Waals surface area contributed by atoms with Crippen LogP contribution in [-0.4, -0.2) is 28.2 Å². The van der Waals surface area contributed by atoms with E-state index in [9.17, 15) is 4.79 Å². The summed E-state index contributed by atoms with van der Waals surface area (Å²) in [6.45, 7) is 0. The number of hydrogen-bond acceptors (Lipinski definition) is 7. The van der Waals surface area contributed by atoms with Gasteiger partial charge in [0.05, 0.1) is 7.11 Å². The van der Waals surface area contributed by atoms with Crippen LogP contribution in [0.4, 0.5) is 15.7 Å². The molecule has 0 unspecified atom stereocenters. The highest BCUT2D eigenvalue weighted by Crippen LogP contribution is 2.26. The Labute approximate surface area is 88.3 Å². The van der Waals surface area contributed by atoms with Crippen LogP contribution in [-0.2, 0) is 4.74 Å². The number of fused-ring (bicyclic) bond motifs is 1. The van der Waals surface area contributed by atoms with E-state index in [4.69, 9.17) is 5.73 Å². The molecule has 78 valence electrons. The van der Waals surface area contributed by atoms with Crippen LogP contribution >= 0.6 is 11.3 Å². The summed E-state index contributed by atoms with van der Waals surface area (Å²) >= 11 is 1.20. The minimum atomic E-state index is -0.583. The Bertz CT molecular complexity index is 511. The third-order valence-corrected chi connectivity index (χ3v) is 2.50. The molecule has 2 rings (SSSR count). The first-order valence-electron chi connectivity index (χ1n) is 3.92. The highest BCUT2D eigenvalue weighted by molar-refractivity contribution is 7.22. The van der Waals surface area contributed by atoms with Crippen LogP contribution in [0.15, 0.2) is 6.33 Å². The molecule has 0 saturated heterocycles. The lowest BCUT2D eigenvalue weighted by Gasteiger charge is -1.96. The van der Waals surface area contributed by atoms with Crippen molar-refractivity contribution in [1.82, 2.24) is 15.0 Å². The molecule has 0 bridgehead atoms. The molecular weight excluding hydrogens is 218 g/mol. The van der Waals surface area contributed by atoms with Gasteiger partial charge in [-0.05, 0) is 0 Å². The van der Waals surface area contributed by atoms with Crippen molar-refractivity contribution >= 4 is 38.7 Å².